The number of rotatable bonds is 7. The van der Waals surface area contributed by atoms with Crippen molar-refractivity contribution in [3.63, 3.8) is 0 Å². The molecule has 4 heteroatoms. The standard InChI is InChI=1S/C16H25NO3/c1-12(14-7-5-6-8-15(14)20-4)11-16(19)17(3)10-9-13(2)18/h5-8,12-13,18H,9-11H2,1-4H3. The number of hydrogen-bond acceptors (Lipinski definition) is 3. The van der Waals surface area contributed by atoms with Crippen LogP contribution in [0, 0.1) is 0 Å². The number of para-hydroxylation sites is 1. The Labute approximate surface area is 121 Å². The fraction of sp³-hybridized carbons (Fsp3) is 0.562. The zero-order valence-corrected chi connectivity index (χ0v) is 12.8. The van der Waals surface area contributed by atoms with Crippen molar-refractivity contribution >= 4 is 5.91 Å². The first-order valence-electron chi connectivity index (χ1n) is 7.00. The summed E-state index contributed by atoms with van der Waals surface area (Å²) >= 11 is 0. The maximum Gasteiger partial charge on any atom is 0.222 e. The number of hydrogen-bond donors (Lipinski definition) is 1. The number of aliphatic hydroxyl groups excluding tert-OH is 1. The minimum Gasteiger partial charge on any atom is -0.496 e. The molecule has 2 atom stereocenters. The predicted molar refractivity (Wildman–Crippen MR) is 80.0 cm³/mol. The molecule has 20 heavy (non-hydrogen) atoms. The van der Waals surface area contributed by atoms with Gasteiger partial charge in [0, 0.05) is 20.0 Å². The van der Waals surface area contributed by atoms with Crippen LogP contribution in [0.25, 0.3) is 0 Å². The van der Waals surface area contributed by atoms with E-state index in [-0.39, 0.29) is 17.9 Å². The molecule has 0 bridgehead atoms. The number of carbonyl (C=O) groups is 1. The van der Waals surface area contributed by atoms with Crippen molar-refractivity contribution < 1.29 is 14.6 Å². The minimum atomic E-state index is -0.378. The molecule has 4 nitrogen and oxygen atoms in total. The molecule has 1 aromatic rings. The second-order valence-electron chi connectivity index (χ2n) is 5.30. The smallest absolute Gasteiger partial charge is 0.222 e. The molecule has 0 saturated heterocycles. The van der Waals surface area contributed by atoms with Crippen LogP contribution in [0.1, 0.15) is 38.2 Å². The third-order valence-electron chi connectivity index (χ3n) is 3.46. The second kappa shape index (κ2) is 7.90. The van der Waals surface area contributed by atoms with E-state index in [1.165, 1.54) is 0 Å². The average molecular weight is 279 g/mol. The van der Waals surface area contributed by atoms with Gasteiger partial charge in [-0.1, -0.05) is 25.1 Å². The number of aliphatic hydroxyl groups is 1. The lowest BCUT2D eigenvalue weighted by molar-refractivity contribution is -0.130. The van der Waals surface area contributed by atoms with Crippen LogP contribution in [0.3, 0.4) is 0 Å². The van der Waals surface area contributed by atoms with Crippen LogP contribution in [-0.4, -0.2) is 42.7 Å². The van der Waals surface area contributed by atoms with Crippen molar-refractivity contribution in [2.24, 2.45) is 0 Å². The van der Waals surface area contributed by atoms with E-state index in [0.29, 0.717) is 19.4 Å². The van der Waals surface area contributed by atoms with Crippen LogP contribution in [0.5, 0.6) is 5.75 Å². The topological polar surface area (TPSA) is 49.8 Å². The number of ether oxygens (including phenoxy) is 1. The molecule has 1 N–H and O–H groups in total. The van der Waals surface area contributed by atoms with E-state index in [4.69, 9.17) is 4.74 Å². The molecule has 0 fully saturated rings. The molecule has 0 aliphatic heterocycles. The van der Waals surface area contributed by atoms with Gasteiger partial charge in [-0.2, -0.15) is 0 Å². The fourth-order valence-corrected chi connectivity index (χ4v) is 2.11. The number of amides is 1. The van der Waals surface area contributed by atoms with Gasteiger partial charge >= 0.3 is 0 Å². The Bertz CT molecular complexity index is 431. The first-order valence-corrected chi connectivity index (χ1v) is 7.00. The molecule has 112 valence electrons. The van der Waals surface area contributed by atoms with E-state index < -0.39 is 0 Å². The Morgan fingerprint density at radius 1 is 1.35 bits per heavy atom. The van der Waals surface area contributed by atoms with Gasteiger partial charge in [-0.15, -0.1) is 0 Å². The van der Waals surface area contributed by atoms with Crippen LogP contribution in [-0.2, 0) is 4.79 Å². The van der Waals surface area contributed by atoms with E-state index in [0.717, 1.165) is 11.3 Å². The lowest BCUT2D eigenvalue weighted by atomic mass is 9.96. The van der Waals surface area contributed by atoms with E-state index in [1.807, 2.05) is 31.2 Å². The van der Waals surface area contributed by atoms with Crippen LogP contribution in [0.4, 0.5) is 0 Å². The molecule has 1 aromatic carbocycles. The van der Waals surface area contributed by atoms with Gasteiger partial charge in [-0.3, -0.25) is 4.79 Å². The molecule has 0 aromatic heterocycles. The van der Waals surface area contributed by atoms with Gasteiger partial charge in [0.05, 0.1) is 13.2 Å². The first-order chi connectivity index (χ1) is 9.45. The maximum absolute atomic E-state index is 12.1. The van der Waals surface area contributed by atoms with Gasteiger partial charge in [-0.05, 0) is 30.9 Å². The summed E-state index contributed by atoms with van der Waals surface area (Å²) in [4.78, 5) is 13.8. The molecule has 0 radical (unpaired) electrons. The van der Waals surface area contributed by atoms with E-state index in [9.17, 15) is 9.90 Å². The normalized spacial score (nSPS) is 13.7. The molecule has 0 spiro atoms. The summed E-state index contributed by atoms with van der Waals surface area (Å²) in [6.07, 6.45) is 0.666. The fourth-order valence-electron chi connectivity index (χ4n) is 2.11. The number of carbonyl (C=O) groups excluding carboxylic acids is 1. The molecule has 0 saturated carbocycles. The summed E-state index contributed by atoms with van der Waals surface area (Å²) in [6.45, 7) is 4.34. The Morgan fingerprint density at radius 2 is 2.00 bits per heavy atom. The van der Waals surface area contributed by atoms with Crippen LogP contribution < -0.4 is 4.74 Å². The van der Waals surface area contributed by atoms with Gasteiger partial charge in [0.15, 0.2) is 0 Å². The van der Waals surface area contributed by atoms with Crippen molar-refractivity contribution in [1.82, 2.24) is 4.90 Å². The predicted octanol–water partition coefficient (Wildman–Crippen LogP) is 2.42. The van der Waals surface area contributed by atoms with Crippen molar-refractivity contribution in [2.45, 2.75) is 38.7 Å². The minimum absolute atomic E-state index is 0.0871. The van der Waals surface area contributed by atoms with Gasteiger partial charge in [-0.25, -0.2) is 0 Å². The van der Waals surface area contributed by atoms with Gasteiger partial charge in [0.1, 0.15) is 5.75 Å². The molecule has 0 aliphatic rings. The largest absolute Gasteiger partial charge is 0.496 e. The molecule has 1 amide bonds. The highest BCUT2D eigenvalue weighted by Crippen LogP contribution is 2.28. The van der Waals surface area contributed by atoms with Gasteiger partial charge < -0.3 is 14.7 Å². The third kappa shape index (κ3) is 4.85. The lowest BCUT2D eigenvalue weighted by Gasteiger charge is -2.21. The Hall–Kier alpha value is -1.55. The molecule has 0 aliphatic carbocycles. The Balaban J connectivity index is 2.61. The molecule has 0 heterocycles. The van der Waals surface area contributed by atoms with Gasteiger partial charge in [0.25, 0.3) is 0 Å². The SMILES string of the molecule is COc1ccccc1C(C)CC(=O)N(C)CCC(C)O. The number of nitrogens with zero attached hydrogens (tertiary/aromatic N) is 1. The lowest BCUT2D eigenvalue weighted by Crippen LogP contribution is -2.30. The highest BCUT2D eigenvalue weighted by molar-refractivity contribution is 5.76. The summed E-state index contributed by atoms with van der Waals surface area (Å²) in [5, 5.41) is 9.26. The van der Waals surface area contributed by atoms with Crippen molar-refractivity contribution in [2.75, 3.05) is 20.7 Å². The van der Waals surface area contributed by atoms with E-state index in [1.54, 1.807) is 26.0 Å². The summed E-state index contributed by atoms with van der Waals surface area (Å²) in [5.74, 6) is 1.01. The number of methoxy groups -OCH3 is 1. The summed E-state index contributed by atoms with van der Waals surface area (Å²) in [6, 6.07) is 7.78. The Kier molecular flexibility index (Phi) is 6.52. The quantitative estimate of drug-likeness (QED) is 0.834. The zero-order chi connectivity index (χ0) is 15.1. The van der Waals surface area contributed by atoms with Gasteiger partial charge in [0.2, 0.25) is 5.91 Å². The van der Waals surface area contributed by atoms with E-state index in [2.05, 4.69) is 0 Å². The highest BCUT2D eigenvalue weighted by Gasteiger charge is 2.17. The molecule has 1 rings (SSSR count). The summed E-state index contributed by atoms with van der Waals surface area (Å²) in [5.41, 5.74) is 1.05. The van der Waals surface area contributed by atoms with Crippen molar-refractivity contribution in [1.29, 1.82) is 0 Å². The first kappa shape index (κ1) is 16.5. The maximum atomic E-state index is 12.1. The van der Waals surface area contributed by atoms with Crippen LogP contribution in [0.15, 0.2) is 24.3 Å². The molecular weight excluding hydrogens is 254 g/mol. The Morgan fingerprint density at radius 3 is 2.60 bits per heavy atom. The highest BCUT2D eigenvalue weighted by atomic mass is 16.5. The van der Waals surface area contributed by atoms with Crippen molar-refractivity contribution in [3.8, 4) is 5.75 Å². The van der Waals surface area contributed by atoms with Crippen LogP contribution >= 0.6 is 0 Å². The number of benzene rings is 1. The van der Waals surface area contributed by atoms with Crippen molar-refractivity contribution in [3.05, 3.63) is 29.8 Å². The van der Waals surface area contributed by atoms with E-state index >= 15 is 0 Å². The molecule has 2 unspecified atom stereocenters. The van der Waals surface area contributed by atoms with Crippen LogP contribution in [0.2, 0.25) is 0 Å². The summed E-state index contributed by atoms with van der Waals surface area (Å²) in [7, 11) is 3.42. The zero-order valence-electron chi connectivity index (χ0n) is 12.8. The summed E-state index contributed by atoms with van der Waals surface area (Å²) < 4.78 is 5.33. The second-order valence-corrected chi connectivity index (χ2v) is 5.30. The average Bonchev–Trinajstić information content (AvgIpc) is 2.44. The molecular formula is C16H25NO3. The third-order valence-corrected chi connectivity index (χ3v) is 3.46. The monoisotopic (exact) mass is 279 g/mol.